The van der Waals surface area contributed by atoms with E-state index in [1.54, 1.807) is 24.3 Å². The molecule has 0 radical (unpaired) electrons. The fourth-order valence-electron chi connectivity index (χ4n) is 3.22. The minimum Gasteiger partial charge on any atom is -0.347 e. The lowest BCUT2D eigenvalue weighted by atomic mass is 9.92. The van der Waals surface area contributed by atoms with E-state index in [2.05, 4.69) is 16.0 Å². The first-order valence-electron chi connectivity index (χ1n) is 7.63. The Morgan fingerprint density at radius 2 is 1.87 bits per heavy atom. The Hall–Kier alpha value is -1.30. The molecule has 1 spiro atoms. The lowest BCUT2D eigenvalue weighted by molar-refractivity contribution is -0.125. The van der Waals surface area contributed by atoms with Gasteiger partial charge in [0, 0.05) is 16.6 Å². The molecule has 0 bridgehead atoms. The van der Waals surface area contributed by atoms with Crippen molar-refractivity contribution in [3.8, 4) is 0 Å². The molecule has 2 fully saturated rings. The van der Waals surface area contributed by atoms with Crippen molar-refractivity contribution in [1.29, 1.82) is 0 Å². The predicted molar refractivity (Wildman–Crippen MR) is 93.0 cm³/mol. The number of anilines is 1. The van der Waals surface area contributed by atoms with E-state index < -0.39 is 0 Å². The molecule has 1 atom stereocenters. The fraction of sp³-hybridized carbons (Fsp3) is 0.500. The molecule has 0 aromatic heterocycles. The summed E-state index contributed by atoms with van der Waals surface area (Å²) in [6.45, 7) is 1.98. The summed E-state index contributed by atoms with van der Waals surface area (Å²) in [6, 6.07) is 6.88. The Labute approximate surface area is 146 Å². The first kappa shape index (κ1) is 18.0. The van der Waals surface area contributed by atoms with E-state index in [1.807, 2.05) is 0 Å². The van der Waals surface area contributed by atoms with Gasteiger partial charge in [-0.15, -0.1) is 12.4 Å². The molecule has 1 unspecified atom stereocenters. The monoisotopic (exact) mass is 357 g/mol. The number of piperidine rings is 1. The molecule has 3 rings (SSSR count). The maximum atomic E-state index is 12.2. The van der Waals surface area contributed by atoms with Crippen molar-refractivity contribution in [2.24, 2.45) is 11.3 Å². The molecule has 1 saturated carbocycles. The second-order valence-corrected chi connectivity index (χ2v) is 6.58. The quantitative estimate of drug-likeness (QED) is 0.773. The zero-order valence-electron chi connectivity index (χ0n) is 12.7. The van der Waals surface area contributed by atoms with Gasteiger partial charge in [-0.05, 0) is 62.0 Å². The van der Waals surface area contributed by atoms with Crippen LogP contribution in [0.1, 0.15) is 19.3 Å². The highest BCUT2D eigenvalue weighted by Crippen LogP contribution is 2.58. The Morgan fingerprint density at radius 3 is 2.52 bits per heavy atom. The van der Waals surface area contributed by atoms with Crippen LogP contribution in [-0.2, 0) is 9.59 Å². The largest absolute Gasteiger partial charge is 0.347 e. The summed E-state index contributed by atoms with van der Waals surface area (Å²) >= 11 is 5.79. The SMILES string of the molecule is Cl.O=C(CNC(=O)C1CC12CCNCC2)Nc1ccc(Cl)cc1. The molecular weight excluding hydrogens is 337 g/mol. The molecule has 1 aromatic rings. The Morgan fingerprint density at radius 1 is 1.22 bits per heavy atom. The maximum Gasteiger partial charge on any atom is 0.243 e. The van der Waals surface area contributed by atoms with Crippen molar-refractivity contribution in [3.63, 3.8) is 0 Å². The van der Waals surface area contributed by atoms with Crippen LogP contribution in [0, 0.1) is 11.3 Å². The molecule has 2 amide bonds. The highest BCUT2D eigenvalue weighted by molar-refractivity contribution is 6.30. The van der Waals surface area contributed by atoms with E-state index in [-0.39, 0.29) is 42.1 Å². The van der Waals surface area contributed by atoms with Crippen LogP contribution in [0.15, 0.2) is 24.3 Å². The first-order chi connectivity index (χ1) is 10.6. The van der Waals surface area contributed by atoms with Crippen LogP contribution in [0.4, 0.5) is 5.69 Å². The van der Waals surface area contributed by atoms with E-state index >= 15 is 0 Å². The minimum absolute atomic E-state index is 0. The van der Waals surface area contributed by atoms with Crippen molar-refractivity contribution in [3.05, 3.63) is 29.3 Å². The number of halogens is 2. The van der Waals surface area contributed by atoms with E-state index in [1.165, 1.54) is 0 Å². The third kappa shape index (κ3) is 4.37. The van der Waals surface area contributed by atoms with Crippen LogP contribution in [0.3, 0.4) is 0 Å². The minimum atomic E-state index is -0.226. The Balaban J connectivity index is 0.00000192. The van der Waals surface area contributed by atoms with Gasteiger partial charge in [0.1, 0.15) is 0 Å². The summed E-state index contributed by atoms with van der Waals surface area (Å²) in [5, 5.41) is 9.42. The number of hydrogen-bond donors (Lipinski definition) is 3. The molecule has 3 N–H and O–H groups in total. The van der Waals surface area contributed by atoms with Crippen LogP contribution in [0.5, 0.6) is 0 Å². The summed E-state index contributed by atoms with van der Waals surface area (Å²) in [7, 11) is 0. The van der Waals surface area contributed by atoms with Gasteiger partial charge in [0.05, 0.1) is 6.54 Å². The standard InChI is InChI=1S/C16H20ClN3O2.ClH/c17-11-1-3-12(4-2-11)20-14(21)10-19-15(22)13-9-16(13)5-7-18-8-6-16;/h1-4,13,18H,5-10H2,(H,19,22)(H,20,21);1H. The van der Waals surface area contributed by atoms with Gasteiger partial charge in [0.25, 0.3) is 0 Å². The fourth-order valence-corrected chi connectivity index (χ4v) is 3.35. The Kier molecular flexibility index (Phi) is 5.89. The summed E-state index contributed by atoms with van der Waals surface area (Å²) in [5.41, 5.74) is 0.868. The number of amides is 2. The second kappa shape index (κ2) is 7.51. The van der Waals surface area contributed by atoms with Crippen LogP contribution >= 0.6 is 24.0 Å². The summed E-state index contributed by atoms with van der Waals surface area (Å²) < 4.78 is 0. The van der Waals surface area contributed by atoms with Gasteiger partial charge in [-0.1, -0.05) is 11.6 Å². The molecule has 1 saturated heterocycles. The average Bonchev–Trinajstić information content (AvgIpc) is 3.21. The van der Waals surface area contributed by atoms with Gasteiger partial charge in [0.15, 0.2) is 0 Å². The van der Waals surface area contributed by atoms with Crippen molar-refractivity contribution in [2.75, 3.05) is 25.0 Å². The Bertz CT molecular complexity index is 571. The van der Waals surface area contributed by atoms with Gasteiger partial charge in [-0.3, -0.25) is 9.59 Å². The molecular formula is C16H21Cl2N3O2. The second-order valence-electron chi connectivity index (χ2n) is 6.14. The lowest BCUT2D eigenvalue weighted by Crippen LogP contribution is -2.37. The first-order valence-corrected chi connectivity index (χ1v) is 8.01. The molecule has 23 heavy (non-hydrogen) atoms. The highest BCUT2D eigenvalue weighted by Gasteiger charge is 2.57. The van der Waals surface area contributed by atoms with Crippen molar-refractivity contribution < 1.29 is 9.59 Å². The van der Waals surface area contributed by atoms with E-state index in [0.717, 1.165) is 32.4 Å². The third-order valence-electron chi connectivity index (χ3n) is 4.66. The molecule has 126 valence electrons. The molecule has 5 nitrogen and oxygen atoms in total. The predicted octanol–water partition coefficient (Wildman–Crippen LogP) is 2.21. The zero-order chi connectivity index (χ0) is 15.6. The van der Waals surface area contributed by atoms with Gasteiger partial charge >= 0.3 is 0 Å². The van der Waals surface area contributed by atoms with Crippen LogP contribution in [0.2, 0.25) is 5.02 Å². The molecule has 1 aromatic carbocycles. The van der Waals surface area contributed by atoms with E-state index in [4.69, 9.17) is 11.6 Å². The number of benzene rings is 1. The summed E-state index contributed by atoms with van der Waals surface area (Å²) in [6.07, 6.45) is 3.07. The van der Waals surface area contributed by atoms with Crippen LogP contribution in [0.25, 0.3) is 0 Å². The number of carbonyl (C=O) groups is 2. The number of carbonyl (C=O) groups excluding carboxylic acids is 2. The molecule has 7 heteroatoms. The molecule has 1 aliphatic carbocycles. The number of hydrogen-bond acceptors (Lipinski definition) is 3. The van der Waals surface area contributed by atoms with Crippen molar-refractivity contribution in [2.45, 2.75) is 19.3 Å². The topological polar surface area (TPSA) is 70.2 Å². The molecule has 2 aliphatic rings. The van der Waals surface area contributed by atoms with Gasteiger partial charge in [0.2, 0.25) is 11.8 Å². The summed E-state index contributed by atoms with van der Waals surface area (Å²) in [5.74, 6) is -0.137. The average molecular weight is 358 g/mol. The van der Waals surface area contributed by atoms with Gasteiger partial charge < -0.3 is 16.0 Å². The van der Waals surface area contributed by atoms with Gasteiger partial charge in [-0.2, -0.15) is 0 Å². The molecule has 1 aliphatic heterocycles. The van der Waals surface area contributed by atoms with E-state index in [0.29, 0.717) is 10.7 Å². The third-order valence-corrected chi connectivity index (χ3v) is 4.91. The maximum absolute atomic E-state index is 12.2. The smallest absolute Gasteiger partial charge is 0.243 e. The normalized spacial score (nSPS) is 21.2. The van der Waals surface area contributed by atoms with Crippen LogP contribution in [-0.4, -0.2) is 31.4 Å². The van der Waals surface area contributed by atoms with Crippen molar-refractivity contribution in [1.82, 2.24) is 10.6 Å². The van der Waals surface area contributed by atoms with Crippen molar-refractivity contribution >= 4 is 41.5 Å². The van der Waals surface area contributed by atoms with Crippen LogP contribution < -0.4 is 16.0 Å². The lowest BCUT2D eigenvalue weighted by Gasteiger charge is -2.23. The highest BCUT2D eigenvalue weighted by atomic mass is 35.5. The summed E-state index contributed by atoms with van der Waals surface area (Å²) in [4.78, 5) is 24.0. The number of rotatable bonds is 4. The number of nitrogens with one attached hydrogen (secondary N) is 3. The molecule has 1 heterocycles. The van der Waals surface area contributed by atoms with E-state index in [9.17, 15) is 9.59 Å². The van der Waals surface area contributed by atoms with Gasteiger partial charge in [-0.25, -0.2) is 0 Å². The zero-order valence-corrected chi connectivity index (χ0v) is 14.3.